The fraction of sp³-hybridized carbons (Fsp3) is 0.533. The van der Waals surface area contributed by atoms with Gasteiger partial charge in [-0.05, 0) is 30.0 Å². The average molecular weight is 330 g/mol. The maximum absolute atomic E-state index is 13.0. The van der Waals surface area contributed by atoms with Crippen molar-refractivity contribution in [3.8, 4) is 0 Å². The van der Waals surface area contributed by atoms with Crippen molar-refractivity contribution in [1.29, 1.82) is 0 Å². The van der Waals surface area contributed by atoms with Gasteiger partial charge in [-0.3, -0.25) is 4.79 Å². The molecular weight excluding hydrogens is 307 g/mol. The van der Waals surface area contributed by atoms with Crippen LogP contribution in [0.3, 0.4) is 0 Å². The van der Waals surface area contributed by atoms with E-state index in [2.05, 4.69) is 23.9 Å². The van der Waals surface area contributed by atoms with Crippen LogP contribution in [-0.4, -0.2) is 27.1 Å². The third-order valence-electron chi connectivity index (χ3n) is 3.06. The summed E-state index contributed by atoms with van der Waals surface area (Å²) in [7, 11) is -3.48. The minimum atomic E-state index is -3.48. The summed E-state index contributed by atoms with van der Waals surface area (Å²) in [6, 6.07) is 4.71. The molecule has 0 bridgehead atoms. The molecule has 124 valence electrons. The Labute approximate surface area is 131 Å². The molecule has 1 atom stereocenters. The monoisotopic (exact) mass is 330 g/mol. The molecule has 0 heterocycles. The number of carbonyl (C=O) groups is 1. The highest BCUT2D eigenvalue weighted by Gasteiger charge is 2.19. The molecule has 0 spiro atoms. The lowest BCUT2D eigenvalue weighted by Gasteiger charge is -2.18. The van der Waals surface area contributed by atoms with E-state index in [1.807, 2.05) is 0 Å². The first kappa shape index (κ1) is 18.6. The summed E-state index contributed by atoms with van der Waals surface area (Å²) in [5, 5.41) is 2.76. The number of carbonyl (C=O) groups excluding carboxylic acids is 1. The fourth-order valence-electron chi connectivity index (χ4n) is 1.94. The summed E-state index contributed by atoms with van der Waals surface area (Å²) in [6.07, 6.45) is 1.85. The van der Waals surface area contributed by atoms with Gasteiger partial charge in [-0.25, -0.2) is 17.5 Å². The number of benzene rings is 1. The Kier molecular flexibility index (Phi) is 6.96. The fourth-order valence-corrected chi connectivity index (χ4v) is 2.68. The normalized spacial score (nSPS) is 13.1. The lowest BCUT2D eigenvalue weighted by molar-refractivity contribution is -0.121. The zero-order chi connectivity index (χ0) is 16.8. The van der Waals surface area contributed by atoms with Gasteiger partial charge in [0.15, 0.2) is 0 Å². The average Bonchev–Trinajstić information content (AvgIpc) is 2.36. The van der Waals surface area contributed by atoms with Crippen molar-refractivity contribution in [3.05, 3.63) is 35.6 Å². The number of hydrogen-bond acceptors (Lipinski definition) is 3. The zero-order valence-electron chi connectivity index (χ0n) is 13.1. The van der Waals surface area contributed by atoms with Gasteiger partial charge in [-0.15, -0.1) is 0 Å². The summed E-state index contributed by atoms with van der Waals surface area (Å²) in [5.74, 6) is -0.184. The quantitative estimate of drug-likeness (QED) is 0.765. The van der Waals surface area contributed by atoms with E-state index in [-0.39, 0.29) is 12.3 Å². The molecule has 0 aliphatic rings. The summed E-state index contributed by atoms with van der Waals surface area (Å²) in [4.78, 5) is 11.9. The van der Waals surface area contributed by atoms with Crippen LogP contribution in [0.2, 0.25) is 0 Å². The summed E-state index contributed by atoms with van der Waals surface area (Å²) in [6.45, 7) is 4.66. The molecule has 22 heavy (non-hydrogen) atoms. The second kappa shape index (κ2) is 8.24. The molecule has 0 saturated carbocycles. The third-order valence-corrected chi connectivity index (χ3v) is 3.77. The molecular formula is C15H23FN2O3S. The first-order valence-corrected chi connectivity index (χ1v) is 9.06. The van der Waals surface area contributed by atoms with Crippen LogP contribution < -0.4 is 10.0 Å². The molecule has 0 unspecified atom stereocenters. The Morgan fingerprint density at radius 3 is 2.32 bits per heavy atom. The highest BCUT2D eigenvalue weighted by molar-refractivity contribution is 7.88. The van der Waals surface area contributed by atoms with E-state index in [1.54, 1.807) is 0 Å². The second-order valence-corrected chi connectivity index (χ2v) is 7.51. The van der Waals surface area contributed by atoms with E-state index in [9.17, 15) is 17.6 Å². The van der Waals surface area contributed by atoms with Crippen molar-refractivity contribution in [2.45, 2.75) is 32.7 Å². The molecule has 7 heteroatoms. The minimum absolute atomic E-state index is 0.0310. The van der Waals surface area contributed by atoms with Gasteiger partial charge in [0, 0.05) is 13.0 Å². The standard InChI is InChI=1S/C15H23FN2O3S/c1-11(2)8-9-17-15(19)10-14(18-22(3,20)21)12-4-6-13(16)7-5-12/h4-7,11,14,18H,8-10H2,1-3H3,(H,17,19)/t14-/m0/s1. The molecule has 2 N–H and O–H groups in total. The van der Waals surface area contributed by atoms with Crippen LogP contribution in [0.5, 0.6) is 0 Å². The molecule has 5 nitrogen and oxygen atoms in total. The number of rotatable bonds is 8. The topological polar surface area (TPSA) is 75.3 Å². The lowest BCUT2D eigenvalue weighted by atomic mass is 10.0. The Balaban J connectivity index is 2.74. The van der Waals surface area contributed by atoms with Crippen molar-refractivity contribution < 1.29 is 17.6 Å². The second-order valence-electron chi connectivity index (χ2n) is 5.73. The van der Waals surface area contributed by atoms with Crippen molar-refractivity contribution in [1.82, 2.24) is 10.0 Å². The van der Waals surface area contributed by atoms with Gasteiger partial charge in [0.05, 0.1) is 12.3 Å². The molecule has 1 amide bonds. The molecule has 0 radical (unpaired) electrons. The van der Waals surface area contributed by atoms with Gasteiger partial charge < -0.3 is 5.32 Å². The van der Waals surface area contributed by atoms with E-state index in [0.717, 1.165) is 12.7 Å². The van der Waals surface area contributed by atoms with E-state index in [0.29, 0.717) is 18.0 Å². The molecule has 1 aromatic rings. The van der Waals surface area contributed by atoms with Crippen LogP contribution in [0, 0.1) is 11.7 Å². The molecule has 1 aromatic carbocycles. The zero-order valence-corrected chi connectivity index (χ0v) is 13.9. The van der Waals surface area contributed by atoms with E-state index in [1.165, 1.54) is 24.3 Å². The summed E-state index contributed by atoms with van der Waals surface area (Å²) < 4.78 is 38.3. The number of sulfonamides is 1. The van der Waals surface area contributed by atoms with Crippen LogP contribution in [-0.2, 0) is 14.8 Å². The highest BCUT2D eigenvalue weighted by atomic mass is 32.2. The van der Waals surface area contributed by atoms with Crippen molar-refractivity contribution in [3.63, 3.8) is 0 Å². The van der Waals surface area contributed by atoms with E-state index >= 15 is 0 Å². The van der Waals surface area contributed by atoms with Crippen molar-refractivity contribution in [2.24, 2.45) is 5.92 Å². The van der Waals surface area contributed by atoms with Gasteiger partial charge >= 0.3 is 0 Å². The lowest BCUT2D eigenvalue weighted by Crippen LogP contribution is -2.33. The van der Waals surface area contributed by atoms with E-state index < -0.39 is 21.9 Å². The van der Waals surface area contributed by atoms with Gasteiger partial charge in [0.2, 0.25) is 15.9 Å². The molecule has 0 saturated heterocycles. The van der Waals surface area contributed by atoms with E-state index in [4.69, 9.17) is 0 Å². The van der Waals surface area contributed by atoms with Gasteiger partial charge in [0.25, 0.3) is 0 Å². The smallest absolute Gasteiger partial charge is 0.221 e. The van der Waals surface area contributed by atoms with Crippen LogP contribution in [0.15, 0.2) is 24.3 Å². The Morgan fingerprint density at radius 2 is 1.82 bits per heavy atom. The molecule has 0 aromatic heterocycles. The van der Waals surface area contributed by atoms with Crippen LogP contribution in [0.4, 0.5) is 4.39 Å². The molecule has 0 aliphatic carbocycles. The number of halogens is 1. The SMILES string of the molecule is CC(C)CCNC(=O)C[C@H](NS(C)(=O)=O)c1ccc(F)cc1. The number of hydrogen-bond donors (Lipinski definition) is 2. The molecule has 1 rings (SSSR count). The predicted octanol–water partition coefficient (Wildman–Crippen LogP) is 1.97. The van der Waals surface area contributed by atoms with Gasteiger partial charge in [-0.1, -0.05) is 26.0 Å². The predicted molar refractivity (Wildman–Crippen MR) is 84.2 cm³/mol. The summed E-state index contributed by atoms with van der Waals surface area (Å²) in [5.41, 5.74) is 0.547. The van der Waals surface area contributed by atoms with Crippen LogP contribution in [0.1, 0.15) is 38.3 Å². The maximum Gasteiger partial charge on any atom is 0.221 e. The first-order valence-electron chi connectivity index (χ1n) is 7.17. The number of amides is 1. The minimum Gasteiger partial charge on any atom is -0.356 e. The van der Waals surface area contributed by atoms with Gasteiger partial charge in [-0.2, -0.15) is 0 Å². The molecule has 0 aliphatic heterocycles. The first-order chi connectivity index (χ1) is 10.2. The largest absolute Gasteiger partial charge is 0.356 e. The Morgan fingerprint density at radius 1 is 1.23 bits per heavy atom. The molecule has 0 fully saturated rings. The summed E-state index contributed by atoms with van der Waals surface area (Å²) >= 11 is 0. The van der Waals surface area contributed by atoms with Crippen LogP contribution in [0.25, 0.3) is 0 Å². The van der Waals surface area contributed by atoms with Crippen molar-refractivity contribution >= 4 is 15.9 Å². The van der Waals surface area contributed by atoms with Gasteiger partial charge in [0.1, 0.15) is 5.82 Å². The van der Waals surface area contributed by atoms with Crippen molar-refractivity contribution in [2.75, 3.05) is 12.8 Å². The maximum atomic E-state index is 13.0. The Bertz CT molecular complexity index is 585. The van der Waals surface area contributed by atoms with Crippen LogP contribution >= 0.6 is 0 Å². The Hall–Kier alpha value is -1.47. The highest BCUT2D eigenvalue weighted by Crippen LogP contribution is 2.18. The third kappa shape index (κ3) is 7.51. The number of nitrogens with one attached hydrogen (secondary N) is 2.